The average molecular weight is 544 g/mol. The maximum Gasteiger partial charge on any atom is 0.319 e. The van der Waals surface area contributed by atoms with Crippen molar-refractivity contribution in [3.8, 4) is 5.75 Å². The third-order valence-corrected chi connectivity index (χ3v) is 7.98. The van der Waals surface area contributed by atoms with Gasteiger partial charge in [0.1, 0.15) is 24.6 Å². The molecule has 11 heteroatoms. The van der Waals surface area contributed by atoms with Crippen LogP contribution in [0.4, 0.5) is 9.93 Å². The lowest BCUT2D eigenvalue weighted by molar-refractivity contribution is -0.142. The highest BCUT2D eigenvalue weighted by Crippen LogP contribution is 2.30. The average Bonchev–Trinajstić information content (AvgIpc) is 3.45. The molecule has 0 spiro atoms. The van der Waals surface area contributed by atoms with Gasteiger partial charge < -0.3 is 29.9 Å². The van der Waals surface area contributed by atoms with E-state index >= 15 is 0 Å². The molecule has 2 heterocycles. The Morgan fingerprint density at radius 2 is 2.00 bits per heavy atom. The monoisotopic (exact) mass is 543 g/mol. The van der Waals surface area contributed by atoms with Crippen molar-refractivity contribution in [3.63, 3.8) is 0 Å². The fraction of sp³-hybridized carbons (Fsp3) is 0.556. The molecule has 2 fully saturated rings. The lowest BCUT2D eigenvalue weighted by Crippen LogP contribution is -2.60. The number of rotatable bonds is 10. The van der Waals surface area contributed by atoms with Crippen molar-refractivity contribution in [2.45, 2.75) is 57.2 Å². The minimum atomic E-state index is -0.584. The molecule has 2 atom stereocenters. The number of ether oxygens (including phenoxy) is 2. The van der Waals surface area contributed by atoms with E-state index in [1.807, 2.05) is 24.3 Å². The van der Waals surface area contributed by atoms with Gasteiger partial charge in [0.2, 0.25) is 11.8 Å². The number of hydrogen-bond acceptors (Lipinski definition) is 7. The fourth-order valence-electron chi connectivity index (χ4n) is 5.21. The standard InChI is InChI=1S/C27H37N5O5S/c1-36-21-10-6-9-20(15-21)17-23(37-2)29-27(35)31-12-13-32(24(33)18-31)22(16-19-7-4-3-5-8-19)25(34)30-26-28-11-14-38-26/h6,9-11,14-15,19,22-23H,3-5,7-8,12-13,16-18H2,1-2H3,(H,29,35)(H,28,30,34). The molecule has 10 nitrogen and oxygen atoms in total. The van der Waals surface area contributed by atoms with Crippen LogP contribution in [0.25, 0.3) is 0 Å². The predicted octanol–water partition coefficient (Wildman–Crippen LogP) is 3.50. The molecule has 1 saturated heterocycles. The highest BCUT2D eigenvalue weighted by atomic mass is 32.1. The molecule has 2 N–H and O–H groups in total. The smallest absolute Gasteiger partial charge is 0.319 e. The molecule has 1 aliphatic heterocycles. The zero-order valence-corrected chi connectivity index (χ0v) is 22.9. The van der Waals surface area contributed by atoms with Crippen LogP contribution in [0.1, 0.15) is 44.1 Å². The van der Waals surface area contributed by atoms with E-state index in [0.717, 1.165) is 37.0 Å². The molecule has 1 aromatic heterocycles. The number of carbonyl (C=O) groups excluding carboxylic acids is 3. The second-order valence-electron chi connectivity index (χ2n) is 9.82. The van der Waals surface area contributed by atoms with E-state index in [-0.39, 0.29) is 24.4 Å². The number of anilines is 1. The maximum atomic E-state index is 13.3. The number of urea groups is 1. The molecule has 2 unspecified atom stereocenters. The van der Waals surface area contributed by atoms with Crippen LogP contribution in [0.5, 0.6) is 5.75 Å². The molecule has 0 bridgehead atoms. The Morgan fingerprint density at radius 1 is 1.18 bits per heavy atom. The van der Waals surface area contributed by atoms with Crippen LogP contribution in [0.3, 0.4) is 0 Å². The molecule has 38 heavy (non-hydrogen) atoms. The molecule has 1 saturated carbocycles. The van der Waals surface area contributed by atoms with E-state index in [4.69, 9.17) is 9.47 Å². The van der Waals surface area contributed by atoms with Crippen molar-refractivity contribution in [2.24, 2.45) is 5.92 Å². The number of thiazole rings is 1. The number of hydrogen-bond donors (Lipinski definition) is 2. The van der Waals surface area contributed by atoms with Gasteiger partial charge in [-0.25, -0.2) is 9.78 Å². The topological polar surface area (TPSA) is 113 Å². The summed E-state index contributed by atoms with van der Waals surface area (Å²) in [6.45, 7) is 0.536. The highest BCUT2D eigenvalue weighted by molar-refractivity contribution is 7.13. The van der Waals surface area contributed by atoms with Crippen LogP contribution in [0.2, 0.25) is 0 Å². The van der Waals surface area contributed by atoms with Crippen LogP contribution < -0.4 is 15.4 Å². The van der Waals surface area contributed by atoms with Gasteiger partial charge in [0.15, 0.2) is 5.13 Å². The quantitative estimate of drug-likeness (QED) is 0.444. The molecule has 2 aromatic rings. The van der Waals surface area contributed by atoms with Crippen LogP contribution >= 0.6 is 11.3 Å². The van der Waals surface area contributed by atoms with Crippen LogP contribution in [-0.4, -0.2) is 78.8 Å². The Kier molecular flexibility index (Phi) is 9.94. The van der Waals surface area contributed by atoms with Crippen molar-refractivity contribution in [1.82, 2.24) is 20.1 Å². The number of nitrogens with zero attached hydrogens (tertiary/aromatic N) is 3. The summed E-state index contributed by atoms with van der Waals surface area (Å²) in [7, 11) is 3.14. The summed E-state index contributed by atoms with van der Waals surface area (Å²) in [4.78, 5) is 46.9. The summed E-state index contributed by atoms with van der Waals surface area (Å²) in [5, 5.41) is 8.08. The number of aromatic nitrogens is 1. The van der Waals surface area contributed by atoms with E-state index in [1.54, 1.807) is 23.6 Å². The minimum Gasteiger partial charge on any atom is -0.497 e. The number of piperazine rings is 1. The largest absolute Gasteiger partial charge is 0.497 e. The minimum absolute atomic E-state index is 0.0902. The molecule has 4 rings (SSSR count). The van der Waals surface area contributed by atoms with Crippen LogP contribution in [-0.2, 0) is 20.7 Å². The van der Waals surface area contributed by atoms with Crippen molar-refractivity contribution in [2.75, 3.05) is 39.2 Å². The van der Waals surface area contributed by atoms with E-state index in [9.17, 15) is 14.4 Å². The second kappa shape index (κ2) is 13.6. The van der Waals surface area contributed by atoms with Gasteiger partial charge in [-0.05, 0) is 30.0 Å². The van der Waals surface area contributed by atoms with Crippen molar-refractivity contribution >= 4 is 34.3 Å². The van der Waals surface area contributed by atoms with Crippen LogP contribution in [0.15, 0.2) is 35.8 Å². The van der Waals surface area contributed by atoms with Gasteiger partial charge in [0, 0.05) is 38.2 Å². The SMILES string of the molecule is COc1cccc(CC(NC(=O)N2CCN(C(CC3CCCCC3)C(=O)Nc3nccs3)C(=O)C2)OC)c1. The first kappa shape index (κ1) is 27.8. The number of carbonyl (C=O) groups is 3. The number of amides is 4. The Labute approximate surface area is 227 Å². The Morgan fingerprint density at radius 3 is 2.68 bits per heavy atom. The molecular formula is C27H37N5O5S. The fourth-order valence-corrected chi connectivity index (χ4v) is 5.75. The highest BCUT2D eigenvalue weighted by Gasteiger charge is 2.37. The molecule has 1 aromatic carbocycles. The lowest BCUT2D eigenvalue weighted by Gasteiger charge is -2.40. The summed E-state index contributed by atoms with van der Waals surface area (Å²) in [5.41, 5.74) is 0.953. The van der Waals surface area contributed by atoms with E-state index in [1.165, 1.54) is 29.8 Å². The van der Waals surface area contributed by atoms with E-state index in [0.29, 0.717) is 37.0 Å². The van der Waals surface area contributed by atoms with Gasteiger partial charge in [-0.2, -0.15) is 0 Å². The molecular weight excluding hydrogens is 506 g/mol. The number of benzene rings is 1. The third kappa shape index (κ3) is 7.44. The number of nitrogens with one attached hydrogen (secondary N) is 2. The normalized spacial score (nSPS) is 18.1. The summed E-state index contributed by atoms with van der Waals surface area (Å²) < 4.78 is 10.8. The predicted molar refractivity (Wildman–Crippen MR) is 145 cm³/mol. The molecule has 2 aliphatic rings. The Balaban J connectivity index is 1.37. The van der Waals surface area contributed by atoms with Gasteiger partial charge in [-0.15, -0.1) is 11.3 Å². The van der Waals surface area contributed by atoms with E-state index < -0.39 is 12.3 Å². The molecule has 1 aliphatic carbocycles. The summed E-state index contributed by atoms with van der Waals surface area (Å²) in [5.74, 6) is 0.689. The first-order valence-corrected chi connectivity index (χ1v) is 14.1. The summed E-state index contributed by atoms with van der Waals surface area (Å²) in [6, 6.07) is 6.61. The van der Waals surface area contributed by atoms with Gasteiger partial charge in [-0.3, -0.25) is 9.59 Å². The number of methoxy groups -OCH3 is 2. The van der Waals surface area contributed by atoms with Gasteiger partial charge in [0.05, 0.1) is 7.11 Å². The molecule has 206 valence electrons. The lowest BCUT2D eigenvalue weighted by atomic mass is 9.84. The van der Waals surface area contributed by atoms with Crippen molar-refractivity contribution in [3.05, 3.63) is 41.4 Å². The van der Waals surface area contributed by atoms with Crippen molar-refractivity contribution in [1.29, 1.82) is 0 Å². The zero-order chi connectivity index (χ0) is 26.9. The van der Waals surface area contributed by atoms with Gasteiger partial charge in [0.25, 0.3) is 0 Å². The first-order chi connectivity index (χ1) is 18.5. The summed E-state index contributed by atoms with van der Waals surface area (Å²) >= 11 is 1.35. The van der Waals surface area contributed by atoms with E-state index in [2.05, 4.69) is 15.6 Å². The Bertz CT molecular complexity index is 1080. The maximum absolute atomic E-state index is 13.3. The molecule has 0 radical (unpaired) electrons. The first-order valence-electron chi connectivity index (χ1n) is 13.2. The third-order valence-electron chi connectivity index (χ3n) is 7.29. The van der Waals surface area contributed by atoms with Crippen LogP contribution in [0, 0.1) is 5.92 Å². The zero-order valence-electron chi connectivity index (χ0n) is 22.1. The Hall–Kier alpha value is -3.18. The van der Waals surface area contributed by atoms with Gasteiger partial charge in [-0.1, -0.05) is 44.2 Å². The van der Waals surface area contributed by atoms with Gasteiger partial charge >= 0.3 is 6.03 Å². The summed E-state index contributed by atoms with van der Waals surface area (Å²) in [6.07, 6.45) is 7.83. The van der Waals surface area contributed by atoms with Crippen molar-refractivity contribution < 1.29 is 23.9 Å². The second-order valence-corrected chi connectivity index (χ2v) is 10.7. The molecule has 4 amide bonds.